The predicted molar refractivity (Wildman–Crippen MR) is 44.3 cm³/mol. The second-order valence-electron chi connectivity index (χ2n) is 4.03. The van der Waals surface area contributed by atoms with E-state index < -0.39 is 6.36 Å². The van der Waals surface area contributed by atoms with Gasteiger partial charge in [0.1, 0.15) is 0 Å². The molecule has 0 unspecified atom stereocenters. The van der Waals surface area contributed by atoms with Crippen LogP contribution >= 0.6 is 0 Å². The lowest BCUT2D eigenvalue weighted by Crippen LogP contribution is -2.31. The minimum atomic E-state index is -4.51. The summed E-state index contributed by atoms with van der Waals surface area (Å²) in [5.74, 6) is 0. The number of halogens is 3. The van der Waals surface area contributed by atoms with Crippen LogP contribution in [0.1, 0.15) is 20.8 Å². The lowest BCUT2D eigenvalue weighted by Gasteiger charge is -2.18. The van der Waals surface area contributed by atoms with Crippen LogP contribution in [-0.4, -0.2) is 26.1 Å². The zero-order chi connectivity index (χ0) is 10.5. The Bertz CT molecular complexity index is 123. The van der Waals surface area contributed by atoms with E-state index >= 15 is 0 Å². The molecule has 0 aliphatic carbocycles. The lowest BCUT2D eigenvalue weighted by molar-refractivity contribution is -0.323. The minimum absolute atomic E-state index is 0.0816. The molecule has 0 aliphatic heterocycles. The lowest BCUT2D eigenvalue weighted by atomic mass is 9.97. The summed E-state index contributed by atoms with van der Waals surface area (Å²) in [6, 6.07) is 0. The Morgan fingerprint density at radius 1 is 1.15 bits per heavy atom. The summed E-state index contributed by atoms with van der Waals surface area (Å²) in [6.07, 6.45) is -4.51. The fraction of sp³-hybridized carbons (Fsp3) is 1.00. The van der Waals surface area contributed by atoms with Gasteiger partial charge in [-0.2, -0.15) is 0 Å². The maximum Gasteiger partial charge on any atom is 0.522 e. The van der Waals surface area contributed by atoms with Crippen molar-refractivity contribution in [1.82, 2.24) is 5.32 Å². The van der Waals surface area contributed by atoms with Crippen LogP contribution in [-0.2, 0) is 4.74 Å². The van der Waals surface area contributed by atoms with Crippen LogP contribution in [0.25, 0.3) is 0 Å². The first-order valence-corrected chi connectivity index (χ1v) is 4.12. The molecule has 0 fully saturated rings. The summed E-state index contributed by atoms with van der Waals surface area (Å²) < 4.78 is 38.0. The summed E-state index contributed by atoms with van der Waals surface area (Å²) in [5.41, 5.74) is 0.0816. The van der Waals surface area contributed by atoms with E-state index in [4.69, 9.17) is 0 Å². The average Bonchev–Trinajstić information content (AvgIpc) is 1.81. The summed E-state index contributed by atoms with van der Waals surface area (Å²) in [6.45, 7) is 6.57. The van der Waals surface area contributed by atoms with E-state index in [0.29, 0.717) is 6.54 Å². The van der Waals surface area contributed by atoms with Crippen molar-refractivity contribution in [2.24, 2.45) is 5.41 Å². The number of hydrogen-bond acceptors (Lipinski definition) is 2. The van der Waals surface area contributed by atoms with E-state index in [-0.39, 0.29) is 18.6 Å². The van der Waals surface area contributed by atoms with Gasteiger partial charge in [0, 0.05) is 13.1 Å². The molecule has 0 aliphatic rings. The highest BCUT2D eigenvalue weighted by atomic mass is 19.4. The molecule has 0 spiro atoms. The van der Waals surface area contributed by atoms with Gasteiger partial charge in [0.25, 0.3) is 0 Å². The zero-order valence-electron chi connectivity index (χ0n) is 8.16. The van der Waals surface area contributed by atoms with Crippen molar-refractivity contribution >= 4 is 0 Å². The van der Waals surface area contributed by atoms with E-state index in [1.807, 2.05) is 20.8 Å². The molecule has 0 atom stereocenters. The first-order valence-electron chi connectivity index (χ1n) is 4.12. The van der Waals surface area contributed by atoms with Crippen molar-refractivity contribution in [3.63, 3.8) is 0 Å². The molecule has 80 valence electrons. The molecular formula is C8H16F3NO. The van der Waals surface area contributed by atoms with E-state index in [1.165, 1.54) is 0 Å². The average molecular weight is 199 g/mol. The van der Waals surface area contributed by atoms with Crippen LogP contribution in [0, 0.1) is 5.41 Å². The van der Waals surface area contributed by atoms with E-state index in [9.17, 15) is 13.2 Å². The van der Waals surface area contributed by atoms with Crippen molar-refractivity contribution in [3.8, 4) is 0 Å². The number of nitrogens with one attached hydrogen (secondary N) is 1. The quantitative estimate of drug-likeness (QED) is 0.700. The third kappa shape index (κ3) is 11.7. The molecule has 0 saturated heterocycles. The molecule has 0 aromatic rings. The number of ether oxygens (including phenoxy) is 1. The van der Waals surface area contributed by atoms with Crippen LogP contribution in [0.4, 0.5) is 13.2 Å². The topological polar surface area (TPSA) is 21.3 Å². The SMILES string of the molecule is CC(C)(C)CNCCOC(F)(F)F. The Labute approximate surface area is 76.5 Å². The van der Waals surface area contributed by atoms with Gasteiger partial charge in [-0.1, -0.05) is 20.8 Å². The van der Waals surface area contributed by atoms with Crippen molar-refractivity contribution < 1.29 is 17.9 Å². The van der Waals surface area contributed by atoms with E-state index in [1.54, 1.807) is 0 Å². The van der Waals surface area contributed by atoms with Crippen LogP contribution in [0.5, 0.6) is 0 Å². The van der Waals surface area contributed by atoms with Gasteiger partial charge >= 0.3 is 6.36 Å². The first-order chi connectivity index (χ1) is 5.71. The summed E-state index contributed by atoms with van der Waals surface area (Å²) >= 11 is 0. The standard InChI is InChI=1S/C8H16F3NO/c1-7(2,3)6-12-4-5-13-8(9,10)11/h12H,4-6H2,1-3H3. The van der Waals surface area contributed by atoms with Crippen LogP contribution < -0.4 is 5.32 Å². The molecule has 1 N–H and O–H groups in total. The monoisotopic (exact) mass is 199 g/mol. The summed E-state index contributed by atoms with van der Waals surface area (Å²) in [4.78, 5) is 0. The van der Waals surface area contributed by atoms with Gasteiger partial charge in [-0.25, -0.2) is 0 Å². The largest absolute Gasteiger partial charge is 0.522 e. The fourth-order valence-corrected chi connectivity index (χ4v) is 0.702. The van der Waals surface area contributed by atoms with E-state index in [0.717, 1.165) is 0 Å². The molecule has 13 heavy (non-hydrogen) atoms. The molecule has 0 bridgehead atoms. The Morgan fingerprint density at radius 2 is 1.69 bits per heavy atom. The maximum atomic E-state index is 11.5. The summed E-state index contributed by atoms with van der Waals surface area (Å²) in [5, 5.41) is 2.87. The van der Waals surface area contributed by atoms with Gasteiger partial charge in [0.15, 0.2) is 0 Å². The van der Waals surface area contributed by atoms with Gasteiger partial charge in [-0.3, -0.25) is 4.74 Å². The Hall–Kier alpha value is -0.290. The zero-order valence-corrected chi connectivity index (χ0v) is 8.16. The third-order valence-electron chi connectivity index (χ3n) is 1.20. The van der Waals surface area contributed by atoms with Crippen molar-refractivity contribution in [1.29, 1.82) is 0 Å². The van der Waals surface area contributed by atoms with Crippen molar-refractivity contribution in [2.45, 2.75) is 27.1 Å². The van der Waals surface area contributed by atoms with Crippen LogP contribution in [0.3, 0.4) is 0 Å². The van der Waals surface area contributed by atoms with Crippen molar-refractivity contribution in [2.75, 3.05) is 19.7 Å². The molecule has 0 amide bonds. The van der Waals surface area contributed by atoms with Gasteiger partial charge in [-0.05, 0) is 5.41 Å². The molecule has 0 radical (unpaired) electrons. The smallest absolute Gasteiger partial charge is 0.314 e. The molecule has 0 rings (SSSR count). The van der Waals surface area contributed by atoms with Gasteiger partial charge in [0.05, 0.1) is 6.61 Å². The predicted octanol–water partition coefficient (Wildman–Crippen LogP) is 2.16. The second-order valence-corrected chi connectivity index (χ2v) is 4.03. The maximum absolute atomic E-state index is 11.5. The highest BCUT2D eigenvalue weighted by Crippen LogP contribution is 2.15. The molecule has 0 aromatic heterocycles. The normalized spacial score (nSPS) is 13.4. The number of rotatable bonds is 4. The first kappa shape index (κ1) is 12.7. The molecular weight excluding hydrogens is 183 g/mol. The Balaban J connectivity index is 3.28. The molecule has 0 saturated carbocycles. The Kier molecular flexibility index (Phi) is 4.70. The fourth-order valence-electron chi connectivity index (χ4n) is 0.702. The highest BCUT2D eigenvalue weighted by molar-refractivity contribution is 4.64. The number of alkyl halides is 3. The third-order valence-corrected chi connectivity index (χ3v) is 1.20. The van der Waals surface area contributed by atoms with Crippen molar-refractivity contribution in [3.05, 3.63) is 0 Å². The van der Waals surface area contributed by atoms with E-state index in [2.05, 4.69) is 10.1 Å². The molecule has 0 heterocycles. The molecule has 2 nitrogen and oxygen atoms in total. The minimum Gasteiger partial charge on any atom is -0.314 e. The Morgan fingerprint density at radius 3 is 2.08 bits per heavy atom. The van der Waals surface area contributed by atoms with Gasteiger partial charge in [-0.15, -0.1) is 13.2 Å². The number of hydrogen-bond donors (Lipinski definition) is 1. The molecule has 0 aromatic carbocycles. The molecule has 5 heteroatoms. The second kappa shape index (κ2) is 4.81. The van der Waals surface area contributed by atoms with Crippen LogP contribution in [0.15, 0.2) is 0 Å². The van der Waals surface area contributed by atoms with Crippen LogP contribution in [0.2, 0.25) is 0 Å². The van der Waals surface area contributed by atoms with Gasteiger partial charge in [0.2, 0.25) is 0 Å². The highest BCUT2D eigenvalue weighted by Gasteiger charge is 2.28. The van der Waals surface area contributed by atoms with Gasteiger partial charge < -0.3 is 5.32 Å². The summed E-state index contributed by atoms with van der Waals surface area (Å²) in [7, 11) is 0.